The van der Waals surface area contributed by atoms with Gasteiger partial charge in [-0.05, 0) is 52.1 Å². The smallest absolute Gasteiger partial charge is 0.0501 e. The molecule has 0 aromatic rings. The van der Waals surface area contributed by atoms with Crippen molar-refractivity contribution in [3.05, 3.63) is 0 Å². The molecule has 17 heavy (non-hydrogen) atoms. The first-order valence-electron chi connectivity index (χ1n) is 7.49. The summed E-state index contributed by atoms with van der Waals surface area (Å²) in [5.41, 5.74) is 6.57. The number of hydrogen-bond donors (Lipinski definition) is 1. The lowest BCUT2D eigenvalue weighted by atomic mass is 9.83. The Labute approximate surface area is 105 Å². The van der Waals surface area contributed by atoms with E-state index < -0.39 is 0 Å². The Bertz CT molecular complexity index is 281. The van der Waals surface area contributed by atoms with Crippen molar-refractivity contribution in [1.82, 2.24) is 9.80 Å². The number of likely N-dealkylation sites (tertiary alicyclic amines) is 1. The number of rotatable bonds is 2. The van der Waals surface area contributed by atoms with Crippen molar-refractivity contribution in [2.75, 3.05) is 26.2 Å². The van der Waals surface area contributed by atoms with Crippen LogP contribution in [0.2, 0.25) is 0 Å². The Balaban J connectivity index is 1.86. The van der Waals surface area contributed by atoms with Crippen molar-refractivity contribution < 1.29 is 0 Å². The summed E-state index contributed by atoms with van der Waals surface area (Å²) in [6, 6.07) is 1.50. The fourth-order valence-corrected chi connectivity index (χ4v) is 4.66. The summed E-state index contributed by atoms with van der Waals surface area (Å²) >= 11 is 0. The quantitative estimate of drug-likeness (QED) is 0.788. The molecule has 3 fully saturated rings. The predicted octanol–water partition coefficient (Wildman–Crippen LogP) is 1.43. The number of fused-ring (bicyclic) bond motifs is 1. The highest BCUT2D eigenvalue weighted by Crippen LogP contribution is 2.41. The first-order chi connectivity index (χ1) is 8.28. The summed E-state index contributed by atoms with van der Waals surface area (Å²) in [6.07, 6.45) is 8.22. The second-order valence-electron chi connectivity index (χ2n) is 6.29. The fourth-order valence-electron chi connectivity index (χ4n) is 4.66. The van der Waals surface area contributed by atoms with Gasteiger partial charge >= 0.3 is 0 Å². The van der Waals surface area contributed by atoms with Gasteiger partial charge in [-0.3, -0.25) is 9.80 Å². The zero-order valence-electron chi connectivity index (χ0n) is 11.2. The average molecular weight is 237 g/mol. The molecule has 3 saturated heterocycles. The number of piperidine rings is 1. The zero-order chi connectivity index (χ0) is 11.9. The molecule has 3 rings (SSSR count). The van der Waals surface area contributed by atoms with Gasteiger partial charge in [-0.1, -0.05) is 6.42 Å². The molecule has 3 heteroatoms. The third-order valence-corrected chi connectivity index (χ3v) is 5.54. The third kappa shape index (κ3) is 1.74. The molecule has 3 atom stereocenters. The molecule has 0 aliphatic carbocycles. The summed E-state index contributed by atoms with van der Waals surface area (Å²) in [5, 5.41) is 0. The van der Waals surface area contributed by atoms with Crippen molar-refractivity contribution in [2.45, 2.75) is 63.1 Å². The maximum atomic E-state index is 6.25. The van der Waals surface area contributed by atoms with Gasteiger partial charge in [-0.2, -0.15) is 0 Å². The lowest BCUT2D eigenvalue weighted by molar-refractivity contribution is 0.0328. The monoisotopic (exact) mass is 237 g/mol. The molecule has 0 bridgehead atoms. The standard InChI is InChI=1S/C14H27N3/c1-12-5-4-9-17(12)14(11-15)7-10-16-8-3-2-6-13(14)16/h12-13H,2-11,15H2,1H3. The molecule has 98 valence electrons. The van der Waals surface area contributed by atoms with Crippen molar-refractivity contribution in [1.29, 1.82) is 0 Å². The normalized spacial score (nSPS) is 44.1. The topological polar surface area (TPSA) is 32.5 Å². The first kappa shape index (κ1) is 11.9. The Morgan fingerprint density at radius 1 is 1.12 bits per heavy atom. The van der Waals surface area contributed by atoms with E-state index in [0.29, 0.717) is 5.54 Å². The minimum atomic E-state index is 0.316. The molecule has 3 aliphatic heterocycles. The molecular formula is C14H27N3. The van der Waals surface area contributed by atoms with E-state index in [0.717, 1.165) is 18.6 Å². The minimum Gasteiger partial charge on any atom is -0.329 e. The van der Waals surface area contributed by atoms with Crippen LogP contribution in [-0.2, 0) is 0 Å². The molecular weight excluding hydrogens is 210 g/mol. The summed E-state index contributed by atoms with van der Waals surface area (Å²) in [5.74, 6) is 0. The van der Waals surface area contributed by atoms with E-state index in [1.54, 1.807) is 0 Å². The number of nitrogens with two attached hydrogens (primary N) is 1. The Morgan fingerprint density at radius 2 is 2.00 bits per heavy atom. The largest absolute Gasteiger partial charge is 0.329 e. The average Bonchev–Trinajstić information content (AvgIpc) is 2.94. The molecule has 0 saturated carbocycles. The maximum absolute atomic E-state index is 6.25. The van der Waals surface area contributed by atoms with Gasteiger partial charge in [-0.25, -0.2) is 0 Å². The van der Waals surface area contributed by atoms with E-state index >= 15 is 0 Å². The van der Waals surface area contributed by atoms with Crippen LogP contribution < -0.4 is 5.73 Å². The molecule has 0 aromatic heterocycles. The van der Waals surface area contributed by atoms with Crippen molar-refractivity contribution >= 4 is 0 Å². The van der Waals surface area contributed by atoms with E-state index in [1.165, 1.54) is 58.2 Å². The summed E-state index contributed by atoms with van der Waals surface area (Å²) < 4.78 is 0. The molecule has 3 aliphatic rings. The second-order valence-corrected chi connectivity index (χ2v) is 6.29. The van der Waals surface area contributed by atoms with Gasteiger partial charge in [0.05, 0.1) is 5.54 Å². The van der Waals surface area contributed by atoms with Crippen molar-refractivity contribution in [3.63, 3.8) is 0 Å². The zero-order valence-corrected chi connectivity index (χ0v) is 11.2. The molecule has 0 radical (unpaired) electrons. The van der Waals surface area contributed by atoms with Crippen LogP contribution in [-0.4, -0.2) is 53.6 Å². The lowest BCUT2D eigenvalue weighted by Crippen LogP contribution is -2.62. The van der Waals surface area contributed by atoms with E-state index in [-0.39, 0.29) is 0 Å². The highest BCUT2D eigenvalue weighted by atomic mass is 15.3. The minimum absolute atomic E-state index is 0.316. The van der Waals surface area contributed by atoms with Gasteiger partial charge < -0.3 is 5.73 Å². The molecule has 3 unspecified atom stereocenters. The van der Waals surface area contributed by atoms with Crippen molar-refractivity contribution in [3.8, 4) is 0 Å². The van der Waals surface area contributed by atoms with Crippen LogP contribution in [0.3, 0.4) is 0 Å². The molecule has 0 aromatic carbocycles. The van der Waals surface area contributed by atoms with E-state index in [1.807, 2.05) is 0 Å². The SMILES string of the molecule is CC1CCCN1C1(CN)CCN2CCCCC21. The van der Waals surface area contributed by atoms with Crippen LogP contribution in [0.4, 0.5) is 0 Å². The maximum Gasteiger partial charge on any atom is 0.0501 e. The number of hydrogen-bond acceptors (Lipinski definition) is 3. The van der Waals surface area contributed by atoms with E-state index in [4.69, 9.17) is 5.73 Å². The highest BCUT2D eigenvalue weighted by Gasteiger charge is 2.52. The highest BCUT2D eigenvalue weighted by molar-refractivity contribution is 5.10. The van der Waals surface area contributed by atoms with Gasteiger partial charge in [0, 0.05) is 25.2 Å². The fraction of sp³-hybridized carbons (Fsp3) is 1.00. The van der Waals surface area contributed by atoms with Gasteiger partial charge in [0.1, 0.15) is 0 Å². The van der Waals surface area contributed by atoms with E-state index in [9.17, 15) is 0 Å². The molecule has 0 amide bonds. The molecule has 2 N–H and O–H groups in total. The predicted molar refractivity (Wildman–Crippen MR) is 71.0 cm³/mol. The summed E-state index contributed by atoms with van der Waals surface area (Å²) in [4.78, 5) is 5.49. The number of nitrogens with zero attached hydrogens (tertiary/aromatic N) is 2. The lowest BCUT2D eigenvalue weighted by Gasteiger charge is -2.47. The summed E-state index contributed by atoms with van der Waals surface area (Å²) in [7, 11) is 0. The molecule has 0 spiro atoms. The van der Waals surface area contributed by atoms with Gasteiger partial charge in [-0.15, -0.1) is 0 Å². The van der Waals surface area contributed by atoms with Crippen molar-refractivity contribution in [2.24, 2.45) is 5.73 Å². The van der Waals surface area contributed by atoms with Crippen LogP contribution in [0.5, 0.6) is 0 Å². The third-order valence-electron chi connectivity index (χ3n) is 5.54. The van der Waals surface area contributed by atoms with Crippen LogP contribution in [0.1, 0.15) is 45.4 Å². The Hall–Kier alpha value is -0.120. The summed E-state index contributed by atoms with van der Waals surface area (Å²) in [6.45, 7) is 7.14. The van der Waals surface area contributed by atoms with Gasteiger partial charge in [0.25, 0.3) is 0 Å². The molecule has 3 heterocycles. The molecule has 3 nitrogen and oxygen atoms in total. The van der Waals surface area contributed by atoms with Crippen LogP contribution in [0.15, 0.2) is 0 Å². The Kier molecular flexibility index (Phi) is 3.18. The van der Waals surface area contributed by atoms with E-state index in [2.05, 4.69) is 16.7 Å². The second kappa shape index (κ2) is 4.52. The first-order valence-corrected chi connectivity index (χ1v) is 7.49. The van der Waals surface area contributed by atoms with Crippen LogP contribution in [0, 0.1) is 0 Å². The van der Waals surface area contributed by atoms with Gasteiger partial charge in [0.2, 0.25) is 0 Å². The van der Waals surface area contributed by atoms with Gasteiger partial charge in [0.15, 0.2) is 0 Å². The van der Waals surface area contributed by atoms with Crippen LogP contribution in [0.25, 0.3) is 0 Å². The van der Waals surface area contributed by atoms with Crippen LogP contribution >= 0.6 is 0 Å². The Morgan fingerprint density at radius 3 is 2.71 bits per heavy atom.